The van der Waals surface area contributed by atoms with E-state index in [1.54, 1.807) is 30.3 Å². The quantitative estimate of drug-likeness (QED) is 0.317. The Kier molecular flexibility index (Phi) is 8.01. The van der Waals surface area contributed by atoms with Crippen LogP contribution in [0.4, 0.5) is 8.78 Å². The number of rotatable bonds is 7. The maximum Gasteiger partial charge on any atom is 0.303 e. The summed E-state index contributed by atoms with van der Waals surface area (Å²) in [6.45, 7) is 2.90. The summed E-state index contributed by atoms with van der Waals surface area (Å²) in [6.07, 6.45) is -5.53. The monoisotopic (exact) mass is 592 g/mol. The number of hydrogen-bond acceptors (Lipinski definition) is 9. The van der Waals surface area contributed by atoms with E-state index in [-0.39, 0.29) is 6.61 Å². The topological polar surface area (TPSA) is 108 Å². The molecule has 5 rings (SSSR count). The summed E-state index contributed by atoms with van der Waals surface area (Å²) in [6, 6.07) is 17.6. The van der Waals surface area contributed by atoms with Crippen molar-refractivity contribution in [3.8, 4) is 0 Å². The lowest BCUT2D eigenvalue weighted by atomic mass is 9.79. The van der Waals surface area contributed by atoms with Crippen molar-refractivity contribution in [2.24, 2.45) is 0 Å². The van der Waals surface area contributed by atoms with Crippen LogP contribution in [-0.2, 0) is 33.3 Å². The highest BCUT2D eigenvalue weighted by Crippen LogP contribution is 2.51. The van der Waals surface area contributed by atoms with Crippen molar-refractivity contribution in [1.29, 1.82) is 0 Å². The molecular weight excluding hydrogens is 566 g/mol. The molecule has 12 heteroatoms. The van der Waals surface area contributed by atoms with Crippen LogP contribution < -0.4 is 0 Å². The molecule has 3 aromatic carbocycles. The highest BCUT2D eigenvalue weighted by atomic mass is 32.2. The first-order chi connectivity index (χ1) is 19.0. The van der Waals surface area contributed by atoms with E-state index in [2.05, 4.69) is 0 Å². The van der Waals surface area contributed by atoms with Crippen molar-refractivity contribution < 1.29 is 45.5 Å². The smallest absolute Gasteiger partial charge is 0.303 e. The van der Waals surface area contributed by atoms with Crippen LogP contribution >= 0.6 is 11.8 Å². The van der Waals surface area contributed by atoms with Crippen LogP contribution in [0.5, 0.6) is 0 Å². The van der Waals surface area contributed by atoms with Gasteiger partial charge in [0, 0.05) is 17.9 Å². The Labute approximate surface area is 234 Å². The lowest BCUT2D eigenvalue weighted by Gasteiger charge is -2.48. The summed E-state index contributed by atoms with van der Waals surface area (Å²) in [5, 5.41) is 12.2. The predicted molar refractivity (Wildman–Crippen MR) is 140 cm³/mol. The Hall–Kier alpha value is -2.87. The number of benzene rings is 3. The molecule has 0 aromatic heterocycles. The van der Waals surface area contributed by atoms with Crippen LogP contribution in [0.15, 0.2) is 82.6 Å². The van der Waals surface area contributed by atoms with Crippen molar-refractivity contribution in [3.05, 3.63) is 95.6 Å². The average molecular weight is 593 g/mol. The molecule has 0 aliphatic carbocycles. The van der Waals surface area contributed by atoms with Gasteiger partial charge in [-0.05, 0) is 36.8 Å². The van der Waals surface area contributed by atoms with Crippen molar-refractivity contribution >= 4 is 27.8 Å². The van der Waals surface area contributed by atoms with Gasteiger partial charge in [-0.1, -0.05) is 59.8 Å². The fraction of sp³-hybridized carbons (Fsp3) is 0.321. The minimum Gasteiger partial charge on any atom is -0.456 e. The Morgan fingerprint density at radius 3 is 2.33 bits per heavy atom. The van der Waals surface area contributed by atoms with Gasteiger partial charge in [-0.25, -0.2) is 8.78 Å². The zero-order valence-corrected chi connectivity index (χ0v) is 23.0. The van der Waals surface area contributed by atoms with Gasteiger partial charge in [0.05, 0.1) is 11.5 Å². The molecule has 0 radical (unpaired) electrons. The van der Waals surface area contributed by atoms with Gasteiger partial charge in [-0.15, -0.1) is 0 Å². The second-order valence-electron chi connectivity index (χ2n) is 9.59. The van der Waals surface area contributed by atoms with Crippen LogP contribution in [0.3, 0.4) is 0 Å². The summed E-state index contributed by atoms with van der Waals surface area (Å²) in [5.41, 5.74) is -1.74. The molecule has 40 heavy (non-hydrogen) atoms. The number of aliphatic hydroxyl groups is 1. The number of thioether (sulfide) groups is 1. The minimum atomic E-state index is -4.91. The van der Waals surface area contributed by atoms with Gasteiger partial charge in [-0.3, -0.25) is 8.98 Å². The fourth-order valence-electron chi connectivity index (χ4n) is 4.89. The van der Waals surface area contributed by atoms with Crippen LogP contribution in [0.25, 0.3) is 0 Å². The summed E-state index contributed by atoms with van der Waals surface area (Å²) in [7, 11) is -4.91. The Morgan fingerprint density at radius 1 is 1.05 bits per heavy atom. The van der Waals surface area contributed by atoms with E-state index in [1.807, 2.05) is 31.2 Å². The molecule has 0 amide bonds. The van der Waals surface area contributed by atoms with Gasteiger partial charge in [0.2, 0.25) is 0 Å². The lowest BCUT2D eigenvalue weighted by Crippen LogP contribution is -2.67. The molecule has 0 saturated carbocycles. The van der Waals surface area contributed by atoms with E-state index in [0.717, 1.165) is 24.2 Å². The largest absolute Gasteiger partial charge is 0.456 e. The highest BCUT2D eigenvalue weighted by molar-refractivity contribution is 7.99. The second kappa shape index (κ2) is 11.2. The van der Waals surface area contributed by atoms with E-state index in [9.17, 15) is 27.1 Å². The average Bonchev–Trinajstić information content (AvgIpc) is 3.24. The number of esters is 1. The first kappa shape index (κ1) is 28.7. The third kappa shape index (κ3) is 5.65. The number of carbonyl (C=O) groups is 1. The zero-order valence-electron chi connectivity index (χ0n) is 21.4. The zero-order chi connectivity index (χ0) is 28.7. The summed E-state index contributed by atoms with van der Waals surface area (Å²) in [5.74, 6) is -3.06. The van der Waals surface area contributed by atoms with Crippen LogP contribution in [-0.4, -0.2) is 55.4 Å². The molecule has 2 aliphatic rings. The van der Waals surface area contributed by atoms with E-state index in [0.29, 0.717) is 28.7 Å². The summed E-state index contributed by atoms with van der Waals surface area (Å²) >= 11 is 1.14. The Balaban J connectivity index is 1.61. The maximum absolute atomic E-state index is 14.0. The highest BCUT2D eigenvalue weighted by Gasteiger charge is 2.66. The van der Waals surface area contributed by atoms with Gasteiger partial charge < -0.3 is 19.3 Å². The number of ether oxygens (including phenoxy) is 3. The van der Waals surface area contributed by atoms with Gasteiger partial charge in [0.25, 0.3) is 10.1 Å². The standard InChI is InChI=1S/C28H26F2O8S2/c1-16-8-10-21(11-9-16)39-27-24(36-17(2)31)26(38-40(33,34)22-13-19(29)12-20(30)14-22)28(32)23(37-27)15-35-25(28)18-6-4-3-5-7-18/h3-14,23-27,32H,15H2,1-2H3/t23-,24-,25?,26-,27+,28-/m1/s1. The third-order valence-electron chi connectivity index (χ3n) is 6.70. The maximum atomic E-state index is 14.0. The fourth-order valence-corrected chi connectivity index (χ4v) is 7.13. The molecule has 6 atom stereocenters. The van der Waals surface area contributed by atoms with E-state index < -0.39 is 68.1 Å². The molecular formula is C28H26F2O8S2. The molecule has 0 spiro atoms. The third-order valence-corrected chi connectivity index (χ3v) is 9.13. The van der Waals surface area contributed by atoms with Crippen molar-refractivity contribution in [2.75, 3.05) is 6.61 Å². The molecule has 1 unspecified atom stereocenters. The van der Waals surface area contributed by atoms with E-state index >= 15 is 0 Å². The van der Waals surface area contributed by atoms with Crippen molar-refractivity contribution in [2.45, 2.75) is 59.1 Å². The number of hydrogen-bond donors (Lipinski definition) is 1. The number of halogens is 2. The molecule has 8 nitrogen and oxygen atoms in total. The van der Waals surface area contributed by atoms with Crippen LogP contribution in [0, 0.1) is 18.6 Å². The number of carbonyl (C=O) groups excluding carboxylic acids is 1. The first-order valence-corrected chi connectivity index (χ1v) is 14.6. The normalized spacial score (nSPS) is 28.2. The number of aryl methyl sites for hydroxylation is 1. The molecule has 1 N–H and O–H groups in total. The van der Waals surface area contributed by atoms with E-state index in [1.165, 1.54) is 0 Å². The lowest BCUT2D eigenvalue weighted by molar-refractivity contribution is -0.244. The van der Waals surface area contributed by atoms with Gasteiger partial charge in [0.1, 0.15) is 29.3 Å². The van der Waals surface area contributed by atoms with Gasteiger partial charge >= 0.3 is 5.97 Å². The first-order valence-electron chi connectivity index (χ1n) is 12.3. The molecule has 2 aliphatic heterocycles. The molecule has 2 fully saturated rings. The molecule has 0 bridgehead atoms. The number of fused-ring (bicyclic) bond motifs is 1. The molecule has 2 saturated heterocycles. The summed E-state index contributed by atoms with van der Waals surface area (Å²) < 4.78 is 78.1. The van der Waals surface area contributed by atoms with Crippen LogP contribution in [0.1, 0.15) is 24.2 Å². The predicted octanol–water partition coefficient (Wildman–Crippen LogP) is 4.30. The van der Waals surface area contributed by atoms with Crippen LogP contribution in [0.2, 0.25) is 0 Å². The minimum absolute atomic E-state index is 0.137. The van der Waals surface area contributed by atoms with Crippen molar-refractivity contribution in [1.82, 2.24) is 0 Å². The van der Waals surface area contributed by atoms with Gasteiger partial charge in [0.15, 0.2) is 17.8 Å². The summed E-state index contributed by atoms with van der Waals surface area (Å²) in [4.78, 5) is 12.2. The van der Waals surface area contributed by atoms with Gasteiger partial charge in [-0.2, -0.15) is 8.42 Å². The molecule has 3 aromatic rings. The van der Waals surface area contributed by atoms with Crippen molar-refractivity contribution in [3.63, 3.8) is 0 Å². The molecule has 2 heterocycles. The molecule has 212 valence electrons. The van der Waals surface area contributed by atoms with E-state index in [4.69, 9.17) is 18.4 Å². The SMILES string of the molecule is CC(=O)O[C@@H]1[C@@H](OS(=O)(=O)c2cc(F)cc(F)c2)[C@]2(O)C(c3ccccc3)OC[C@H]2O[C@H]1Sc1ccc(C)cc1. The Bertz CT molecular complexity index is 1470. The second-order valence-corrected chi connectivity index (χ2v) is 12.3. The Morgan fingerprint density at radius 2 is 1.70 bits per heavy atom.